The molecule has 0 bridgehead atoms. The molecule has 7 heteroatoms. The Balaban J connectivity index is 1.37. The molecule has 6 nitrogen and oxygen atoms in total. The molecule has 0 saturated carbocycles. The van der Waals surface area contributed by atoms with Crippen LogP contribution >= 0.6 is 11.3 Å². The number of nitrogens with zero attached hydrogens (tertiary/aromatic N) is 1. The maximum Gasteiger partial charge on any atom is 0.255 e. The molecule has 1 N–H and O–H groups in total. The maximum absolute atomic E-state index is 12.4. The molecule has 132 valence electrons. The topological polar surface area (TPSA) is 69.7 Å². The zero-order valence-corrected chi connectivity index (χ0v) is 14.8. The van der Waals surface area contributed by atoms with Gasteiger partial charge in [0.25, 0.3) is 5.91 Å². The lowest BCUT2D eigenvalue weighted by molar-refractivity contribution is 0.102. The number of carbonyl (C=O) groups excluding carboxylic acids is 1. The van der Waals surface area contributed by atoms with E-state index < -0.39 is 0 Å². The van der Waals surface area contributed by atoms with Crippen molar-refractivity contribution < 1.29 is 19.0 Å². The Kier molecular flexibility index (Phi) is 4.45. The van der Waals surface area contributed by atoms with E-state index in [4.69, 9.17) is 14.2 Å². The fraction of sp³-hybridized carbons (Fsp3) is 0.158. The molecule has 0 spiro atoms. The fourth-order valence-electron chi connectivity index (χ4n) is 2.51. The standard InChI is InChI=1S/C19H16N2O4S/c1-12-20-15(10-26-12)9-23-16-5-2-13(3-6-16)19(22)21-14-4-7-17-18(8-14)25-11-24-17/h2-8,10H,9,11H2,1H3,(H,21,22). The van der Waals surface area contributed by atoms with E-state index in [2.05, 4.69) is 10.3 Å². The summed E-state index contributed by atoms with van der Waals surface area (Å²) in [5.74, 6) is 1.80. The molecule has 0 aliphatic carbocycles. The summed E-state index contributed by atoms with van der Waals surface area (Å²) in [6.45, 7) is 2.57. The van der Waals surface area contributed by atoms with Crippen molar-refractivity contribution in [3.63, 3.8) is 0 Å². The zero-order valence-electron chi connectivity index (χ0n) is 14.0. The molecule has 1 aromatic heterocycles. The van der Waals surface area contributed by atoms with E-state index >= 15 is 0 Å². The second-order valence-electron chi connectivity index (χ2n) is 5.69. The highest BCUT2D eigenvalue weighted by Gasteiger charge is 2.14. The lowest BCUT2D eigenvalue weighted by Gasteiger charge is -2.08. The molecule has 26 heavy (non-hydrogen) atoms. The second kappa shape index (κ2) is 7.05. The summed E-state index contributed by atoms with van der Waals surface area (Å²) >= 11 is 1.59. The first-order chi connectivity index (χ1) is 12.7. The number of fused-ring (bicyclic) bond motifs is 1. The summed E-state index contributed by atoms with van der Waals surface area (Å²) in [5, 5.41) is 5.83. The lowest BCUT2D eigenvalue weighted by Crippen LogP contribution is -2.11. The van der Waals surface area contributed by atoms with Gasteiger partial charge in [-0.25, -0.2) is 4.98 Å². The van der Waals surface area contributed by atoms with Crippen LogP contribution < -0.4 is 19.5 Å². The van der Waals surface area contributed by atoms with Crippen molar-refractivity contribution in [2.45, 2.75) is 13.5 Å². The summed E-state index contributed by atoms with van der Waals surface area (Å²) < 4.78 is 16.3. The number of benzene rings is 2. The van der Waals surface area contributed by atoms with Crippen LogP contribution in [0.2, 0.25) is 0 Å². The minimum Gasteiger partial charge on any atom is -0.487 e. The van der Waals surface area contributed by atoms with Gasteiger partial charge in [0.15, 0.2) is 11.5 Å². The number of nitrogens with one attached hydrogen (secondary N) is 1. The SMILES string of the molecule is Cc1nc(COc2ccc(C(=O)Nc3ccc4c(c3)OCO4)cc2)cs1. The van der Waals surface area contributed by atoms with Gasteiger partial charge in [0.05, 0.1) is 10.7 Å². The predicted octanol–water partition coefficient (Wildman–Crippen LogP) is 4.01. The first-order valence-corrected chi connectivity index (χ1v) is 8.90. The highest BCUT2D eigenvalue weighted by Crippen LogP contribution is 2.34. The van der Waals surface area contributed by atoms with E-state index in [1.54, 1.807) is 53.8 Å². The van der Waals surface area contributed by atoms with Crippen LogP contribution in [0.5, 0.6) is 17.2 Å². The van der Waals surface area contributed by atoms with Gasteiger partial charge >= 0.3 is 0 Å². The Hall–Kier alpha value is -3.06. The average molecular weight is 368 g/mol. The van der Waals surface area contributed by atoms with E-state index in [0.29, 0.717) is 35.1 Å². The molecule has 1 amide bonds. The van der Waals surface area contributed by atoms with Gasteiger partial charge in [0, 0.05) is 22.7 Å². The van der Waals surface area contributed by atoms with Gasteiger partial charge in [0.1, 0.15) is 12.4 Å². The van der Waals surface area contributed by atoms with Crippen LogP contribution in [0.3, 0.4) is 0 Å². The van der Waals surface area contributed by atoms with Crippen molar-refractivity contribution in [3.05, 3.63) is 64.1 Å². The van der Waals surface area contributed by atoms with Crippen molar-refractivity contribution in [1.82, 2.24) is 4.98 Å². The third-order valence-corrected chi connectivity index (χ3v) is 4.62. The molecule has 0 radical (unpaired) electrons. The number of hydrogen-bond donors (Lipinski definition) is 1. The normalized spacial score (nSPS) is 12.0. The lowest BCUT2D eigenvalue weighted by atomic mass is 10.2. The van der Waals surface area contributed by atoms with Crippen molar-refractivity contribution in [3.8, 4) is 17.2 Å². The highest BCUT2D eigenvalue weighted by atomic mass is 32.1. The van der Waals surface area contributed by atoms with Gasteiger partial charge in [-0.15, -0.1) is 11.3 Å². The highest BCUT2D eigenvalue weighted by molar-refractivity contribution is 7.09. The van der Waals surface area contributed by atoms with Gasteiger partial charge in [0.2, 0.25) is 6.79 Å². The van der Waals surface area contributed by atoms with Crippen molar-refractivity contribution in [2.75, 3.05) is 12.1 Å². The number of rotatable bonds is 5. The first-order valence-electron chi connectivity index (χ1n) is 8.02. The Morgan fingerprint density at radius 2 is 2.00 bits per heavy atom. The monoisotopic (exact) mass is 368 g/mol. The summed E-state index contributed by atoms with van der Waals surface area (Å²) in [6.07, 6.45) is 0. The van der Waals surface area contributed by atoms with Crippen LogP contribution in [-0.2, 0) is 6.61 Å². The first kappa shape index (κ1) is 16.4. The summed E-state index contributed by atoms with van der Waals surface area (Å²) in [4.78, 5) is 16.7. The van der Waals surface area contributed by atoms with Gasteiger partial charge < -0.3 is 19.5 Å². The third kappa shape index (κ3) is 3.62. The van der Waals surface area contributed by atoms with Crippen LogP contribution in [0, 0.1) is 6.92 Å². The molecular weight excluding hydrogens is 352 g/mol. The molecule has 1 aliphatic heterocycles. The number of thiazole rings is 1. The summed E-state index contributed by atoms with van der Waals surface area (Å²) in [5.41, 5.74) is 2.09. The molecule has 0 atom stereocenters. The number of amides is 1. The predicted molar refractivity (Wildman–Crippen MR) is 98.1 cm³/mol. The minimum atomic E-state index is -0.203. The van der Waals surface area contributed by atoms with E-state index in [9.17, 15) is 4.79 Å². The zero-order chi connectivity index (χ0) is 17.9. The van der Waals surface area contributed by atoms with Crippen LogP contribution in [0.15, 0.2) is 47.8 Å². The van der Waals surface area contributed by atoms with E-state index in [1.165, 1.54) is 0 Å². The van der Waals surface area contributed by atoms with Crippen LogP contribution in [0.1, 0.15) is 21.1 Å². The second-order valence-corrected chi connectivity index (χ2v) is 6.76. The molecule has 2 aromatic carbocycles. The number of hydrogen-bond acceptors (Lipinski definition) is 6. The largest absolute Gasteiger partial charge is 0.487 e. The third-order valence-electron chi connectivity index (χ3n) is 3.80. The van der Waals surface area contributed by atoms with E-state index in [0.717, 1.165) is 10.7 Å². The molecular formula is C19H16N2O4S. The van der Waals surface area contributed by atoms with E-state index in [1.807, 2.05) is 12.3 Å². The number of anilines is 1. The number of carbonyl (C=O) groups is 1. The van der Waals surface area contributed by atoms with Crippen molar-refractivity contribution in [1.29, 1.82) is 0 Å². The molecule has 0 saturated heterocycles. The number of ether oxygens (including phenoxy) is 3. The number of aromatic nitrogens is 1. The van der Waals surface area contributed by atoms with E-state index in [-0.39, 0.29) is 12.7 Å². The molecule has 0 fully saturated rings. The Morgan fingerprint density at radius 1 is 1.19 bits per heavy atom. The summed E-state index contributed by atoms with van der Waals surface area (Å²) in [7, 11) is 0. The molecule has 2 heterocycles. The van der Waals surface area contributed by atoms with Gasteiger partial charge in [-0.2, -0.15) is 0 Å². The van der Waals surface area contributed by atoms with Gasteiger partial charge in [-0.05, 0) is 43.3 Å². The Morgan fingerprint density at radius 3 is 2.77 bits per heavy atom. The molecule has 4 rings (SSSR count). The number of aryl methyl sites for hydroxylation is 1. The van der Waals surface area contributed by atoms with Crippen LogP contribution in [0.25, 0.3) is 0 Å². The molecule has 3 aromatic rings. The Labute approximate surface area is 154 Å². The van der Waals surface area contributed by atoms with Crippen LogP contribution in [0.4, 0.5) is 5.69 Å². The maximum atomic E-state index is 12.4. The quantitative estimate of drug-likeness (QED) is 0.737. The molecule has 1 aliphatic rings. The Bertz CT molecular complexity index is 937. The summed E-state index contributed by atoms with van der Waals surface area (Å²) in [6, 6.07) is 12.3. The van der Waals surface area contributed by atoms with Gasteiger partial charge in [-0.3, -0.25) is 4.79 Å². The van der Waals surface area contributed by atoms with Crippen LogP contribution in [-0.4, -0.2) is 17.7 Å². The van der Waals surface area contributed by atoms with Crippen molar-refractivity contribution >= 4 is 22.9 Å². The van der Waals surface area contributed by atoms with Crippen molar-refractivity contribution in [2.24, 2.45) is 0 Å². The average Bonchev–Trinajstić information content (AvgIpc) is 3.28. The molecule has 0 unspecified atom stereocenters. The minimum absolute atomic E-state index is 0.203. The smallest absolute Gasteiger partial charge is 0.255 e. The fourth-order valence-corrected chi connectivity index (χ4v) is 3.11. The van der Waals surface area contributed by atoms with Gasteiger partial charge in [-0.1, -0.05) is 0 Å².